The maximum atomic E-state index is 11.9. The van der Waals surface area contributed by atoms with E-state index in [2.05, 4.69) is 15.3 Å². The zero-order chi connectivity index (χ0) is 15.4. The average Bonchev–Trinajstić information content (AvgIpc) is 3.04. The first kappa shape index (κ1) is 15.0. The molecule has 7 heteroatoms. The lowest BCUT2D eigenvalue weighted by Crippen LogP contribution is -2.32. The first-order chi connectivity index (χ1) is 10.7. The van der Waals surface area contributed by atoms with E-state index >= 15 is 0 Å². The number of nitrogens with one attached hydrogen (secondary N) is 1. The van der Waals surface area contributed by atoms with Crippen molar-refractivity contribution in [3.63, 3.8) is 0 Å². The molecule has 2 heterocycles. The van der Waals surface area contributed by atoms with Gasteiger partial charge < -0.3 is 9.73 Å². The Morgan fingerprint density at radius 2 is 2.32 bits per heavy atom. The molecule has 0 bridgehead atoms. The van der Waals surface area contributed by atoms with Gasteiger partial charge in [-0.15, -0.1) is 11.8 Å². The molecule has 1 fully saturated rings. The molecular weight excluding hydrogens is 302 g/mol. The minimum atomic E-state index is -0.438. The van der Waals surface area contributed by atoms with Crippen LogP contribution < -0.4 is 5.32 Å². The lowest BCUT2D eigenvalue weighted by molar-refractivity contribution is -0.118. The van der Waals surface area contributed by atoms with Gasteiger partial charge in [0.25, 0.3) is 0 Å². The van der Waals surface area contributed by atoms with Gasteiger partial charge in [0.05, 0.1) is 23.6 Å². The summed E-state index contributed by atoms with van der Waals surface area (Å²) in [6.45, 7) is 0.369. The molecule has 0 radical (unpaired) electrons. The summed E-state index contributed by atoms with van der Waals surface area (Å²) in [4.78, 5) is 31.5. The number of rotatable bonds is 4. The SMILES string of the molecule is O=C1N=C2CCCCC2C(SCC(=O)NCc2ccco2)=N1. The molecule has 1 aliphatic heterocycles. The van der Waals surface area contributed by atoms with Gasteiger partial charge >= 0.3 is 6.03 Å². The molecule has 1 aliphatic carbocycles. The van der Waals surface area contributed by atoms with Crippen LogP contribution in [0.25, 0.3) is 0 Å². The van der Waals surface area contributed by atoms with Crippen LogP contribution in [0.4, 0.5) is 4.79 Å². The van der Waals surface area contributed by atoms with Crippen LogP contribution >= 0.6 is 11.8 Å². The topological polar surface area (TPSA) is 84.0 Å². The Kier molecular flexibility index (Phi) is 4.72. The van der Waals surface area contributed by atoms with Crippen LogP contribution in [0.2, 0.25) is 0 Å². The van der Waals surface area contributed by atoms with E-state index in [9.17, 15) is 9.59 Å². The molecule has 116 valence electrons. The molecule has 1 aromatic heterocycles. The third-order valence-corrected chi connectivity index (χ3v) is 4.79. The summed E-state index contributed by atoms with van der Waals surface area (Å²) in [7, 11) is 0. The Labute approximate surface area is 132 Å². The van der Waals surface area contributed by atoms with Crippen molar-refractivity contribution in [3.05, 3.63) is 24.2 Å². The number of nitrogens with zero attached hydrogens (tertiary/aromatic N) is 2. The number of hydrogen-bond acceptors (Lipinski definition) is 4. The summed E-state index contributed by atoms with van der Waals surface area (Å²) >= 11 is 1.34. The van der Waals surface area contributed by atoms with E-state index < -0.39 is 6.03 Å². The number of furan rings is 1. The molecule has 3 rings (SSSR count). The molecule has 3 amide bonds. The summed E-state index contributed by atoms with van der Waals surface area (Å²) in [5.41, 5.74) is 0.935. The van der Waals surface area contributed by atoms with Gasteiger partial charge in [0, 0.05) is 11.6 Å². The smallest absolute Gasteiger partial charge is 0.367 e. The molecule has 0 aromatic carbocycles. The molecule has 1 N–H and O–H groups in total. The zero-order valence-electron chi connectivity index (χ0n) is 12.1. The fourth-order valence-corrected chi connectivity index (χ4v) is 3.62. The van der Waals surface area contributed by atoms with Crippen molar-refractivity contribution in [1.29, 1.82) is 0 Å². The number of aliphatic imine (C=N–C) groups is 2. The number of carbonyl (C=O) groups is 2. The van der Waals surface area contributed by atoms with Crippen LogP contribution in [0.5, 0.6) is 0 Å². The third kappa shape index (κ3) is 3.65. The van der Waals surface area contributed by atoms with Gasteiger partial charge in [0.15, 0.2) is 0 Å². The van der Waals surface area contributed by atoms with E-state index in [4.69, 9.17) is 4.42 Å². The standard InChI is InChI=1S/C15H17N3O3S/c19-13(16-8-10-4-3-7-21-10)9-22-14-11-5-1-2-6-12(11)17-15(20)18-14/h3-4,7,11H,1-2,5-6,8-9H2,(H,16,19). The minimum Gasteiger partial charge on any atom is -0.467 e. The molecule has 22 heavy (non-hydrogen) atoms. The molecule has 6 nitrogen and oxygen atoms in total. The lowest BCUT2D eigenvalue weighted by atomic mass is 9.87. The van der Waals surface area contributed by atoms with Gasteiger partial charge in [0.1, 0.15) is 5.76 Å². The minimum absolute atomic E-state index is 0.101. The zero-order valence-corrected chi connectivity index (χ0v) is 12.9. The van der Waals surface area contributed by atoms with Crippen molar-refractivity contribution in [2.75, 3.05) is 5.75 Å². The van der Waals surface area contributed by atoms with Crippen molar-refractivity contribution in [1.82, 2.24) is 5.32 Å². The molecule has 0 spiro atoms. The maximum Gasteiger partial charge on any atom is 0.367 e. The number of urea groups is 1. The molecule has 1 saturated carbocycles. The molecule has 2 aliphatic rings. The Bertz CT molecular complexity index is 622. The van der Waals surface area contributed by atoms with Crippen LogP contribution in [0.1, 0.15) is 31.4 Å². The summed E-state index contributed by atoms with van der Waals surface area (Å²) in [5, 5.41) is 3.52. The van der Waals surface area contributed by atoms with Gasteiger partial charge in [-0.05, 0) is 31.4 Å². The molecule has 1 aromatic rings. The Morgan fingerprint density at radius 3 is 3.14 bits per heavy atom. The van der Waals surface area contributed by atoms with Crippen molar-refractivity contribution in [2.45, 2.75) is 32.2 Å². The Hall–Kier alpha value is -1.89. The second-order valence-electron chi connectivity index (χ2n) is 5.28. The van der Waals surface area contributed by atoms with E-state index in [1.165, 1.54) is 11.8 Å². The van der Waals surface area contributed by atoms with Crippen molar-refractivity contribution < 1.29 is 14.0 Å². The average molecular weight is 319 g/mol. The number of carbonyl (C=O) groups excluding carboxylic acids is 2. The number of hydrogen-bond donors (Lipinski definition) is 1. The highest BCUT2D eigenvalue weighted by Gasteiger charge is 2.30. The predicted molar refractivity (Wildman–Crippen MR) is 85.2 cm³/mol. The first-order valence-electron chi connectivity index (χ1n) is 7.34. The van der Waals surface area contributed by atoms with Gasteiger partial charge in [-0.25, -0.2) is 9.79 Å². The molecule has 1 unspecified atom stereocenters. The van der Waals surface area contributed by atoms with E-state index in [1.807, 2.05) is 6.07 Å². The number of fused-ring (bicyclic) bond motifs is 1. The van der Waals surface area contributed by atoms with E-state index in [0.29, 0.717) is 12.3 Å². The summed E-state index contributed by atoms with van der Waals surface area (Å²) in [5.74, 6) is 0.993. The Balaban J connectivity index is 1.51. The lowest BCUT2D eigenvalue weighted by Gasteiger charge is -2.26. The largest absolute Gasteiger partial charge is 0.467 e. The number of amides is 3. The van der Waals surface area contributed by atoms with Gasteiger partial charge in [-0.3, -0.25) is 4.79 Å². The summed E-state index contributed by atoms with van der Waals surface area (Å²) in [6.07, 6.45) is 5.58. The molecule has 1 atom stereocenters. The van der Waals surface area contributed by atoms with E-state index in [1.54, 1.807) is 12.3 Å². The Morgan fingerprint density at radius 1 is 1.41 bits per heavy atom. The highest BCUT2D eigenvalue weighted by atomic mass is 32.2. The van der Waals surface area contributed by atoms with Crippen LogP contribution in [0.3, 0.4) is 0 Å². The van der Waals surface area contributed by atoms with Crippen LogP contribution in [0, 0.1) is 5.92 Å². The van der Waals surface area contributed by atoms with Crippen molar-refractivity contribution in [3.8, 4) is 0 Å². The van der Waals surface area contributed by atoms with E-state index in [-0.39, 0.29) is 17.6 Å². The van der Waals surface area contributed by atoms with Gasteiger partial charge in [-0.2, -0.15) is 4.99 Å². The van der Waals surface area contributed by atoms with Crippen molar-refractivity contribution in [2.24, 2.45) is 15.9 Å². The quantitative estimate of drug-likeness (QED) is 0.925. The normalized spacial score (nSPS) is 20.9. The summed E-state index contributed by atoms with van der Waals surface area (Å²) < 4.78 is 5.16. The van der Waals surface area contributed by atoms with Crippen LogP contribution in [-0.4, -0.2) is 28.4 Å². The van der Waals surface area contributed by atoms with Crippen molar-refractivity contribution >= 4 is 34.5 Å². The molecular formula is C15H17N3O3S. The number of thioether (sulfide) groups is 1. The highest BCUT2D eigenvalue weighted by Crippen LogP contribution is 2.30. The fourth-order valence-electron chi connectivity index (χ4n) is 2.64. The van der Waals surface area contributed by atoms with Crippen LogP contribution in [0.15, 0.2) is 32.8 Å². The predicted octanol–water partition coefficient (Wildman–Crippen LogP) is 2.79. The van der Waals surface area contributed by atoms with Gasteiger partial charge in [-0.1, -0.05) is 6.42 Å². The maximum absolute atomic E-state index is 11.9. The van der Waals surface area contributed by atoms with Crippen LogP contribution in [-0.2, 0) is 11.3 Å². The monoisotopic (exact) mass is 319 g/mol. The second kappa shape index (κ2) is 6.91. The fraction of sp³-hybridized carbons (Fsp3) is 0.467. The second-order valence-corrected chi connectivity index (χ2v) is 6.27. The summed E-state index contributed by atoms with van der Waals surface area (Å²) in [6, 6.07) is 3.15. The first-order valence-corrected chi connectivity index (χ1v) is 8.33. The highest BCUT2D eigenvalue weighted by molar-refractivity contribution is 8.14. The third-order valence-electron chi connectivity index (χ3n) is 3.71. The molecule has 0 saturated heterocycles. The van der Waals surface area contributed by atoms with Gasteiger partial charge in [0.2, 0.25) is 5.91 Å². The van der Waals surface area contributed by atoms with E-state index in [0.717, 1.165) is 36.4 Å².